The summed E-state index contributed by atoms with van der Waals surface area (Å²) in [5.74, 6) is 0.292. The van der Waals surface area contributed by atoms with Crippen molar-refractivity contribution >= 4 is 0 Å². The van der Waals surface area contributed by atoms with Crippen LogP contribution in [-0.4, -0.2) is 54.2 Å². The molecule has 0 amide bonds. The molecular weight excluding hydrogens is 474 g/mol. The zero-order valence-corrected chi connectivity index (χ0v) is 21.8. The largest absolute Gasteiger partial charge is 0.508 e. The van der Waals surface area contributed by atoms with Gasteiger partial charge in [0.1, 0.15) is 5.75 Å². The van der Waals surface area contributed by atoms with E-state index in [9.17, 15) is 10.2 Å². The number of hydrogen-bond acceptors (Lipinski definition) is 7. The highest BCUT2D eigenvalue weighted by atomic mass is 16.3. The summed E-state index contributed by atoms with van der Waals surface area (Å²) in [6.07, 6.45) is 7.28. The van der Waals surface area contributed by atoms with E-state index in [1.54, 1.807) is 12.3 Å². The first-order valence-electron chi connectivity index (χ1n) is 13.2. The lowest BCUT2D eigenvalue weighted by Gasteiger charge is -2.25. The normalized spacial score (nSPS) is 12.2. The summed E-state index contributed by atoms with van der Waals surface area (Å²) in [4.78, 5) is 18.0. The molecule has 7 heteroatoms. The van der Waals surface area contributed by atoms with Crippen LogP contribution in [0.4, 0.5) is 0 Å². The number of pyridine rings is 3. The van der Waals surface area contributed by atoms with Gasteiger partial charge in [-0.05, 0) is 68.3 Å². The predicted octanol–water partition coefficient (Wildman–Crippen LogP) is 4.81. The molecule has 1 unspecified atom stereocenters. The Morgan fingerprint density at radius 3 is 1.58 bits per heavy atom. The number of aromatic hydroxyl groups is 1. The summed E-state index contributed by atoms with van der Waals surface area (Å²) in [7, 11) is 0. The maximum atomic E-state index is 10.8. The van der Waals surface area contributed by atoms with Gasteiger partial charge in [0.15, 0.2) is 0 Å². The fourth-order valence-corrected chi connectivity index (χ4v) is 4.50. The summed E-state index contributed by atoms with van der Waals surface area (Å²) < 4.78 is 0. The van der Waals surface area contributed by atoms with E-state index in [0.717, 1.165) is 55.1 Å². The molecule has 4 rings (SSSR count). The number of aliphatic hydroxyl groups excluding tert-OH is 1. The number of hydrogen-bond donors (Lipinski definition) is 2. The molecule has 1 atom stereocenters. The van der Waals surface area contributed by atoms with Crippen molar-refractivity contribution in [3.05, 3.63) is 120 Å². The molecule has 0 radical (unpaired) electrons. The summed E-state index contributed by atoms with van der Waals surface area (Å²) in [6, 6.07) is 25.3. The molecule has 0 bridgehead atoms. The highest BCUT2D eigenvalue weighted by Gasteiger charge is 2.15. The lowest BCUT2D eigenvalue weighted by atomic mass is 10.1. The minimum absolute atomic E-state index is 0.292. The first-order valence-corrected chi connectivity index (χ1v) is 13.2. The van der Waals surface area contributed by atoms with Crippen molar-refractivity contribution in [1.82, 2.24) is 24.8 Å². The Balaban J connectivity index is 1.30. The van der Waals surface area contributed by atoms with Gasteiger partial charge in [-0.3, -0.25) is 24.8 Å². The summed E-state index contributed by atoms with van der Waals surface area (Å²) in [5, 5.41) is 21.1. The molecule has 0 aliphatic rings. The smallest absolute Gasteiger partial charge is 0.120 e. The molecule has 0 aliphatic carbocycles. The standard InChI is InChI=1S/C31H37N5O2/c37-30(14-9-20-35(23-27-11-3-6-17-32-27)24-28-12-4-7-18-33-28)16-21-36(25-29-13-5-8-19-34-29)22-26-10-1-2-15-31(26)38/h1-8,10-13,15,17-19,30,37-38H,9,14,16,20-25H2. The topological polar surface area (TPSA) is 85.6 Å². The number of nitrogens with zero attached hydrogens (tertiary/aromatic N) is 5. The van der Waals surface area contributed by atoms with E-state index in [1.807, 2.05) is 85.2 Å². The Hall–Kier alpha value is -3.65. The molecule has 3 aromatic heterocycles. The molecule has 3 heterocycles. The first kappa shape index (κ1) is 27.4. The Morgan fingerprint density at radius 1 is 0.579 bits per heavy atom. The Morgan fingerprint density at radius 2 is 1.08 bits per heavy atom. The molecule has 2 N–H and O–H groups in total. The minimum Gasteiger partial charge on any atom is -0.508 e. The van der Waals surface area contributed by atoms with Crippen molar-refractivity contribution in [1.29, 1.82) is 0 Å². The van der Waals surface area contributed by atoms with Crippen LogP contribution in [0, 0.1) is 0 Å². The molecule has 0 saturated heterocycles. The van der Waals surface area contributed by atoms with Crippen molar-refractivity contribution in [2.24, 2.45) is 0 Å². The highest BCUT2D eigenvalue weighted by molar-refractivity contribution is 5.31. The third kappa shape index (κ3) is 9.34. The van der Waals surface area contributed by atoms with Crippen molar-refractivity contribution < 1.29 is 10.2 Å². The van der Waals surface area contributed by atoms with Gasteiger partial charge in [0.2, 0.25) is 0 Å². The molecule has 0 spiro atoms. The van der Waals surface area contributed by atoms with Crippen LogP contribution >= 0.6 is 0 Å². The number of para-hydroxylation sites is 1. The third-order valence-corrected chi connectivity index (χ3v) is 6.51. The van der Waals surface area contributed by atoms with Crippen LogP contribution in [0.25, 0.3) is 0 Å². The molecule has 7 nitrogen and oxygen atoms in total. The van der Waals surface area contributed by atoms with E-state index in [2.05, 4.69) is 24.8 Å². The van der Waals surface area contributed by atoms with Gasteiger partial charge in [-0.2, -0.15) is 0 Å². The molecule has 198 valence electrons. The van der Waals surface area contributed by atoms with Crippen LogP contribution in [0.2, 0.25) is 0 Å². The zero-order chi connectivity index (χ0) is 26.4. The van der Waals surface area contributed by atoms with Crippen LogP contribution < -0.4 is 0 Å². The quantitative estimate of drug-likeness (QED) is 0.237. The molecule has 0 saturated carbocycles. The van der Waals surface area contributed by atoms with E-state index < -0.39 is 6.10 Å². The Labute approximate surface area is 225 Å². The fraction of sp³-hybridized carbons (Fsp3) is 0.323. The second-order valence-corrected chi connectivity index (χ2v) is 9.60. The van der Waals surface area contributed by atoms with Crippen LogP contribution in [0.5, 0.6) is 5.75 Å². The van der Waals surface area contributed by atoms with Crippen LogP contribution in [0.15, 0.2) is 97.5 Å². The van der Waals surface area contributed by atoms with Gasteiger partial charge in [0.05, 0.1) is 23.2 Å². The van der Waals surface area contributed by atoms with E-state index in [4.69, 9.17) is 0 Å². The van der Waals surface area contributed by atoms with Gasteiger partial charge in [-0.25, -0.2) is 0 Å². The van der Waals surface area contributed by atoms with Gasteiger partial charge >= 0.3 is 0 Å². The number of benzene rings is 1. The third-order valence-electron chi connectivity index (χ3n) is 6.51. The summed E-state index contributed by atoms with van der Waals surface area (Å²) in [6.45, 7) is 4.29. The second-order valence-electron chi connectivity index (χ2n) is 9.60. The number of phenolic OH excluding ortho intramolecular Hbond substituents is 1. The maximum Gasteiger partial charge on any atom is 0.120 e. The van der Waals surface area contributed by atoms with Crippen LogP contribution in [0.3, 0.4) is 0 Å². The lowest BCUT2D eigenvalue weighted by Crippen LogP contribution is -2.28. The number of rotatable bonds is 15. The number of aromatic nitrogens is 3. The van der Waals surface area contributed by atoms with Gasteiger partial charge < -0.3 is 10.2 Å². The molecule has 4 aromatic rings. The molecule has 0 fully saturated rings. The molecular formula is C31H37N5O2. The average molecular weight is 512 g/mol. The van der Waals surface area contributed by atoms with Gasteiger partial charge in [0.25, 0.3) is 0 Å². The second kappa shape index (κ2) is 14.9. The van der Waals surface area contributed by atoms with Crippen molar-refractivity contribution in [2.75, 3.05) is 13.1 Å². The van der Waals surface area contributed by atoms with Crippen LogP contribution in [0.1, 0.15) is 41.9 Å². The van der Waals surface area contributed by atoms with Gasteiger partial charge in [-0.1, -0.05) is 36.4 Å². The lowest BCUT2D eigenvalue weighted by molar-refractivity contribution is 0.119. The summed E-state index contributed by atoms with van der Waals surface area (Å²) >= 11 is 0. The van der Waals surface area contributed by atoms with Crippen LogP contribution in [-0.2, 0) is 26.2 Å². The average Bonchev–Trinajstić information content (AvgIpc) is 2.94. The molecule has 0 aliphatic heterocycles. The van der Waals surface area contributed by atoms with Crippen molar-refractivity contribution in [3.63, 3.8) is 0 Å². The SMILES string of the molecule is Oc1ccccc1CN(CCC(O)CCCN(Cc1ccccn1)Cc1ccccn1)Cc1ccccn1. The first-order chi connectivity index (χ1) is 18.7. The molecule has 1 aromatic carbocycles. The van der Waals surface area contributed by atoms with E-state index >= 15 is 0 Å². The monoisotopic (exact) mass is 511 g/mol. The number of phenols is 1. The van der Waals surface area contributed by atoms with Gasteiger partial charge in [-0.15, -0.1) is 0 Å². The van der Waals surface area contributed by atoms with Crippen molar-refractivity contribution in [2.45, 2.75) is 51.5 Å². The number of aliphatic hydroxyl groups is 1. The molecule has 38 heavy (non-hydrogen) atoms. The fourth-order valence-electron chi connectivity index (χ4n) is 4.50. The Kier molecular flexibility index (Phi) is 10.8. The maximum absolute atomic E-state index is 10.8. The van der Waals surface area contributed by atoms with Crippen molar-refractivity contribution in [3.8, 4) is 5.75 Å². The van der Waals surface area contributed by atoms with E-state index in [0.29, 0.717) is 31.8 Å². The van der Waals surface area contributed by atoms with Gasteiger partial charge in [0, 0.05) is 56.9 Å². The Bertz CT molecular complexity index is 1150. The zero-order valence-electron chi connectivity index (χ0n) is 21.8. The van der Waals surface area contributed by atoms with E-state index in [1.165, 1.54) is 0 Å². The minimum atomic E-state index is -0.405. The van der Waals surface area contributed by atoms with E-state index in [-0.39, 0.29) is 0 Å². The predicted molar refractivity (Wildman–Crippen MR) is 149 cm³/mol. The summed E-state index contributed by atoms with van der Waals surface area (Å²) in [5.41, 5.74) is 3.89. The highest BCUT2D eigenvalue weighted by Crippen LogP contribution is 2.19.